The van der Waals surface area contributed by atoms with Gasteiger partial charge >= 0.3 is 0 Å². The van der Waals surface area contributed by atoms with Gasteiger partial charge in [0, 0.05) is 25.8 Å². The van der Waals surface area contributed by atoms with Crippen LogP contribution in [0.25, 0.3) is 0 Å². The lowest BCUT2D eigenvalue weighted by molar-refractivity contribution is 0.247. The van der Waals surface area contributed by atoms with Gasteiger partial charge in [0.15, 0.2) is 0 Å². The van der Waals surface area contributed by atoms with Gasteiger partial charge in [0.05, 0.1) is 13.2 Å². The second kappa shape index (κ2) is 11.3. The van der Waals surface area contributed by atoms with E-state index in [1.807, 2.05) is 32.3 Å². The summed E-state index contributed by atoms with van der Waals surface area (Å²) in [6, 6.07) is 5.95. The van der Waals surface area contributed by atoms with Crippen LogP contribution in [0.1, 0.15) is 31.2 Å². The molecule has 0 heterocycles. The fraction of sp³-hybridized carbons (Fsp3) is 0.647. The smallest absolute Gasteiger partial charge is 0.123 e. The van der Waals surface area contributed by atoms with Gasteiger partial charge in [-0.25, -0.2) is 0 Å². The van der Waals surface area contributed by atoms with Gasteiger partial charge < -0.3 is 24.6 Å². The molecule has 0 fully saturated rings. The Balaban J connectivity index is 2.63. The van der Waals surface area contributed by atoms with Gasteiger partial charge in [-0.05, 0) is 57.5 Å². The Kier molecular flexibility index (Phi) is 9.62. The molecule has 5 nitrogen and oxygen atoms in total. The van der Waals surface area contributed by atoms with Crippen molar-refractivity contribution >= 4 is 0 Å². The first-order valence-electron chi connectivity index (χ1n) is 7.91. The minimum Gasteiger partial charge on any atom is -0.493 e. The lowest BCUT2D eigenvalue weighted by atomic mass is 10.2. The maximum atomic E-state index is 8.79. The SMILES string of the molecule is CN(C)Cc1cc(OCCCCO)cc(OCCCCO)c1. The van der Waals surface area contributed by atoms with Crippen LogP contribution in [0.3, 0.4) is 0 Å². The van der Waals surface area contributed by atoms with Crippen molar-refractivity contribution < 1.29 is 19.7 Å². The Bertz CT molecular complexity index is 379. The first-order valence-corrected chi connectivity index (χ1v) is 7.91. The lowest BCUT2D eigenvalue weighted by Gasteiger charge is -2.15. The van der Waals surface area contributed by atoms with Crippen molar-refractivity contribution in [1.82, 2.24) is 4.90 Å². The highest BCUT2D eigenvalue weighted by Crippen LogP contribution is 2.24. The molecule has 5 heteroatoms. The quantitative estimate of drug-likeness (QED) is 0.579. The fourth-order valence-corrected chi connectivity index (χ4v) is 2.06. The monoisotopic (exact) mass is 311 g/mol. The van der Waals surface area contributed by atoms with E-state index in [4.69, 9.17) is 19.7 Å². The molecule has 0 atom stereocenters. The molecule has 0 aliphatic rings. The number of benzene rings is 1. The van der Waals surface area contributed by atoms with Crippen molar-refractivity contribution in [1.29, 1.82) is 0 Å². The summed E-state index contributed by atoms with van der Waals surface area (Å²) in [6.45, 7) is 2.40. The molecular weight excluding hydrogens is 282 g/mol. The number of ether oxygens (including phenoxy) is 2. The van der Waals surface area contributed by atoms with E-state index >= 15 is 0 Å². The second-order valence-corrected chi connectivity index (χ2v) is 5.61. The van der Waals surface area contributed by atoms with E-state index in [9.17, 15) is 0 Å². The lowest BCUT2D eigenvalue weighted by Crippen LogP contribution is -2.11. The van der Waals surface area contributed by atoms with Crippen molar-refractivity contribution in [2.75, 3.05) is 40.5 Å². The summed E-state index contributed by atoms with van der Waals surface area (Å²) in [6.07, 6.45) is 3.17. The third kappa shape index (κ3) is 8.22. The van der Waals surface area contributed by atoms with Crippen LogP contribution in [0.4, 0.5) is 0 Å². The summed E-state index contributed by atoms with van der Waals surface area (Å²) in [5.74, 6) is 1.60. The van der Waals surface area contributed by atoms with Gasteiger partial charge in [-0.1, -0.05) is 0 Å². The van der Waals surface area contributed by atoms with Gasteiger partial charge in [-0.15, -0.1) is 0 Å². The van der Waals surface area contributed by atoms with Gasteiger partial charge in [-0.2, -0.15) is 0 Å². The zero-order valence-corrected chi connectivity index (χ0v) is 13.8. The third-order valence-corrected chi connectivity index (χ3v) is 3.08. The molecule has 0 saturated carbocycles. The Hall–Kier alpha value is -1.30. The Morgan fingerprint density at radius 2 is 1.32 bits per heavy atom. The van der Waals surface area contributed by atoms with E-state index in [0.29, 0.717) is 13.2 Å². The van der Waals surface area contributed by atoms with Crippen molar-refractivity contribution in [3.63, 3.8) is 0 Å². The van der Waals surface area contributed by atoms with Crippen LogP contribution in [0.5, 0.6) is 11.5 Å². The molecule has 0 saturated heterocycles. The van der Waals surface area contributed by atoms with Crippen LogP contribution in [0, 0.1) is 0 Å². The average molecular weight is 311 g/mol. The fourth-order valence-electron chi connectivity index (χ4n) is 2.06. The summed E-state index contributed by atoms with van der Waals surface area (Å²) in [5, 5.41) is 17.6. The number of aliphatic hydroxyl groups is 2. The van der Waals surface area contributed by atoms with Crippen LogP contribution < -0.4 is 9.47 Å². The molecule has 1 aromatic carbocycles. The summed E-state index contributed by atoms with van der Waals surface area (Å²) in [4.78, 5) is 2.10. The van der Waals surface area contributed by atoms with Crippen LogP contribution in [0.15, 0.2) is 18.2 Å². The van der Waals surface area contributed by atoms with E-state index in [-0.39, 0.29) is 13.2 Å². The van der Waals surface area contributed by atoms with E-state index in [2.05, 4.69) is 4.90 Å². The summed E-state index contributed by atoms with van der Waals surface area (Å²) >= 11 is 0. The number of hydrogen-bond acceptors (Lipinski definition) is 5. The van der Waals surface area contributed by atoms with Crippen LogP contribution >= 0.6 is 0 Å². The normalized spacial score (nSPS) is 11.0. The van der Waals surface area contributed by atoms with E-state index in [0.717, 1.165) is 49.3 Å². The van der Waals surface area contributed by atoms with Gasteiger partial charge in [0.2, 0.25) is 0 Å². The molecule has 0 bridgehead atoms. The predicted octanol–water partition coefficient (Wildman–Crippen LogP) is 2.05. The first kappa shape index (κ1) is 18.7. The second-order valence-electron chi connectivity index (χ2n) is 5.61. The van der Waals surface area contributed by atoms with Gasteiger partial charge in [-0.3, -0.25) is 0 Å². The molecule has 0 aliphatic carbocycles. The van der Waals surface area contributed by atoms with Crippen molar-refractivity contribution in [2.45, 2.75) is 32.2 Å². The number of hydrogen-bond donors (Lipinski definition) is 2. The van der Waals surface area contributed by atoms with Crippen LogP contribution in [0.2, 0.25) is 0 Å². The average Bonchev–Trinajstić information content (AvgIpc) is 2.47. The number of rotatable bonds is 12. The standard InChI is InChI=1S/C17H29NO4/c1-18(2)14-15-11-16(21-9-5-3-7-19)13-17(12-15)22-10-6-4-8-20/h11-13,19-20H,3-10,14H2,1-2H3. The van der Waals surface area contributed by atoms with Crippen LogP contribution in [-0.2, 0) is 6.54 Å². The number of unbranched alkanes of at least 4 members (excludes halogenated alkanes) is 2. The summed E-state index contributed by atoms with van der Waals surface area (Å²) in [7, 11) is 4.05. The molecule has 0 radical (unpaired) electrons. The molecule has 0 spiro atoms. The molecule has 0 amide bonds. The maximum absolute atomic E-state index is 8.79. The van der Waals surface area contributed by atoms with Crippen LogP contribution in [-0.4, -0.2) is 55.6 Å². The Morgan fingerprint density at radius 1 is 0.818 bits per heavy atom. The number of aliphatic hydroxyl groups excluding tert-OH is 2. The largest absolute Gasteiger partial charge is 0.493 e. The molecule has 22 heavy (non-hydrogen) atoms. The Morgan fingerprint density at radius 3 is 1.73 bits per heavy atom. The molecule has 2 N–H and O–H groups in total. The highest BCUT2D eigenvalue weighted by Gasteiger charge is 2.05. The minimum absolute atomic E-state index is 0.198. The minimum atomic E-state index is 0.198. The van der Waals surface area contributed by atoms with Gasteiger partial charge in [0.25, 0.3) is 0 Å². The van der Waals surface area contributed by atoms with E-state index in [1.54, 1.807) is 0 Å². The zero-order valence-electron chi connectivity index (χ0n) is 13.8. The highest BCUT2D eigenvalue weighted by molar-refractivity contribution is 5.38. The van der Waals surface area contributed by atoms with E-state index in [1.165, 1.54) is 0 Å². The van der Waals surface area contributed by atoms with Crippen molar-refractivity contribution in [2.24, 2.45) is 0 Å². The molecule has 1 rings (SSSR count). The summed E-state index contributed by atoms with van der Waals surface area (Å²) < 4.78 is 11.5. The maximum Gasteiger partial charge on any atom is 0.123 e. The molecule has 0 aliphatic heterocycles. The Labute approximate surface area is 133 Å². The predicted molar refractivity (Wildman–Crippen MR) is 87.5 cm³/mol. The molecule has 0 unspecified atom stereocenters. The first-order chi connectivity index (χ1) is 10.7. The van der Waals surface area contributed by atoms with E-state index < -0.39 is 0 Å². The third-order valence-electron chi connectivity index (χ3n) is 3.08. The number of nitrogens with zero attached hydrogens (tertiary/aromatic N) is 1. The topological polar surface area (TPSA) is 62.2 Å². The van der Waals surface area contributed by atoms with Gasteiger partial charge in [0.1, 0.15) is 11.5 Å². The molecule has 1 aromatic rings. The molecule has 0 aromatic heterocycles. The highest BCUT2D eigenvalue weighted by atomic mass is 16.5. The van der Waals surface area contributed by atoms with Crippen molar-refractivity contribution in [3.8, 4) is 11.5 Å². The zero-order chi connectivity index (χ0) is 16.2. The molecular formula is C17H29NO4. The van der Waals surface area contributed by atoms with Crippen molar-refractivity contribution in [3.05, 3.63) is 23.8 Å². The molecule has 126 valence electrons. The summed E-state index contributed by atoms with van der Waals surface area (Å²) in [5.41, 5.74) is 1.14.